The maximum absolute atomic E-state index is 12.8. The van der Waals surface area contributed by atoms with E-state index in [4.69, 9.17) is 4.74 Å². The van der Waals surface area contributed by atoms with Gasteiger partial charge >= 0.3 is 0 Å². The number of carbonyl (C=O) groups excluding carboxylic acids is 2. The van der Waals surface area contributed by atoms with E-state index < -0.39 is 5.41 Å². The van der Waals surface area contributed by atoms with E-state index in [1.165, 1.54) is 0 Å². The number of ether oxygens (including phenoxy) is 1. The van der Waals surface area contributed by atoms with E-state index in [9.17, 15) is 14.9 Å². The van der Waals surface area contributed by atoms with Gasteiger partial charge in [-0.15, -0.1) is 0 Å². The summed E-state index contributed by atoms with van der Waals surface area (Å²) in [6, 6.07) is 2.31. The molecule has 0 aromatic rings. The third-order valence-electron chi connectivity index (χ3n) is 6.21. The molecule has 3 fully saturated rings. The fourth-order valence-electron chi connectivity index (χ4n) is 4.58. The van der Waals surface area contributed by atoms with Crippen molar-refractivity contribution in [2.45, 2.75) is 51.0 Å². The molecule has 2 saturated carbocycles. The zero-order valence-corrected chi connectivity index (χ0v) is 14.6. The number of carbonyl (C=O) groups is 2. The van der Waals surface area contributed by atoms with Gasteiger partial charge in [0.05, 0.1) is 6.07 Å². The van der Waals surface area contributed by atoms with Gasteiger partial charge in [-0.2, -0.15) is 5.26 Å². The van der Waals surface area contributed by atoms with E-state index in [0.29, 0.717) is 26.1 Å². The molecule has 3 aliphatic rings. The van der Waals surface area contributed by atoms with Crippen molar-refractivity contribution in [3.05, 3.63) is 0 Å². The monoisotopic (exact) mass is 333 g/mol. The largest absolute Gasteiger partial charge is 0.381 e. The van der Waals surface area contributed by atoms with E-state index in [-0.39, 0.29) is 29.2 Å². The third kappa shape index (κ3) is 2.79. The zero-order valence-electron chi connectivity index (χ0n) is 14.6. The van der Waals surface area contributed by atoms with E-state index in [2.05, 4.69) is 11.4 Å². The summed E-state index contributed by atoms with van der Waals surface area (Å²) in [4.78, 5) is 26.7. The van der Waals surface area contributed by atoms with Crippen molar-refractivity contribution in [3.63, 3.8) is 0 Å². The molecule has 132 valence electrons. The second kappa shape index (κ2) is 6.36. The molecule has 1 aliphatic heterocycles. The van der Waals surface area contributed by atoms with Gasteiger partial charge in [0.1, 0.15) is 5.41 Å². The maximum atomic E-state index is 12.8. The van der Waals surface area contributed by atoms with E-state index in [1.807, 2.05) is 0 Å². The molecule has 0 aromatic heterocycles. The Morgan fingerprint density at radius 3 is 2.58 bits per heavy atom. The molecule has 0 aromatic carbocycles. The van der Waals surface area contributed by atoms with Gasteiger partial charge in [0.25, 0.3) is 0 Å². The van der Waals surface area contributed by atoms with Gasteiger partial charge in [-0.25, -0.2) is 0 Å². The van der Waals surface area contributed by atoms with E-state index in [1.54, 1.807) is 19.0 Å². The van der Waals surface area contributed by atoms with Crippen LogP contribution in [0, 0.1) is 28.1 Å². The number of nitriles is 1. The van der Waals surface area contributed by atoms with Crippen LogP contribution in [-0.2, 0) is 14.3 Å². The molecule has 1 N–H and O–H groups in total. The third-order valence-corrected chi connectivity index (χ3v) is 6.21. The highest BCUT2D eigenvalue weighted by molar-refractivity contribution is 5.90. The Hall–Kier alpha value is -1.61. The highest BCUT2D eigenvalue weighted by Crippen LogP contribution is 2.68. The predicted octanol–water partition coefficient (Wildman–Crippen LogP) is 1.46. The van der Waals surface area contributed by atoms with Crippen molar-refractivity contribution in [1.29, 1.82) is 5.26 Å². The summed E-state index contributed by atoms with van der Waals surface area (Å²) < 4.78 is 5.39. The van der Waals surface area contributed by atoms with E-state index >= 15 is 0 Å². The Bertz CT molecular complexity index is 562. The van der Waals surface area contributed by atoms with Crippen LogP contribution in [0.2, 0.25) is 0 Å². The topological polar surface area (TPSA) is 82.4 Å². The van der Waals surface area contributed by atoms with Crippen LogP contribution >= 0.6 is 0 Å². The molecule has 2 aliphatic carbocycles. The molecule has 3 unspecified atom stereocenters. The first-order valence-corrected chi connectivity index (χ1v) is 8.95. The van der Waals surface area contributed by atoms with Gasteiger partial charge in [0.15, 0.2) is 0 Å². The van der Waals surface area contributed by atoms with Crippen molar-refractivity contribution in [3.8, 4) is 6.07 Å². The molecule has 3 atom stereocenters. The van der Waals surface area contributed by atoms with E-state index in [0.717, 1.165) is 32.1 Å². The Kier molecular flexibility index (Phi) is 4.56. The molecule has 24 heavy (non-hydrogen) atoms. The van der Waals surface area contributed by atoms with Gasteiger partial charge in [0, 0.05) is 44.7 Å². The van der Waals surface area contributed by atoms with Crippen LogP contribution in [0.3, 0.4) is 0 Å². The van der Waals surface area contributed by atoms with Crippen LogP contribution in [0.15, 0.2) is 0 Å². The summed E-state index contributed by atoms with van der Waals surface area (Å²) in [5, 5.41) is 12.8. The lowest BCUT2D eigenvalue weighted by molar-refractivity contribution is -0.135. The molecule has 0 radical (unpaired) electrons. The fourth-order valence-corrected chi connectivity index (χ4v) is 4.58. The number of hydrogen-bond acceptors (Lipinski definition) is 4. The van der Waals surface area contributed by atoms with Crippen molar-refractivity contribution in [1.82, 2.24) is 10.2 Å². The minimum Gasteiger partial charge on any atom is -0.381 e. The zero-order chi connectivity index (χ0) is 17.4. The molecular weight excluding hydrogens is 306 g/mol. The van der Waals surface area contributed by atoms with Crippen LogP contribution in [-0.4, -0.2) is 50.1 Å². The minimum absolute atomic E-state index is 0.00265. The number of rotatable bonds is 3. The fraction of sp³-hybridized carbons (Fsp3) is 0.833. The lowest BCUT2D eigenvalue weighted by Gasteiger charge is -2.32. The van der Waals surface area contributed by atoms with Gasteiger partial charge in [-0.05, 0) is 38.5 Å². The smallest absolute Gasteiger partial charge is 0.241 e. The van der Waals surface area contributed by atoms with Crippen LogP contribution < -0.4 is 5.32 Å². The average Bonchev–Trinajstić information content (AvgIpc) is 3.22. The second-order valence-electron chi connectivity index (χ2n) is 7.85. The van der Waals surface area contributed by atoms with Crippen LogP contribution in [0.25, 0.3) is 0 Å². The number of nitrogens with one attached hydrogen (secondary N) is 1. The molecule has 3 rings (SSSR count). The molecule has 1 saturated heterocycles. The summed E-state index contributed by atoms with van der Waals surface area (Å²) in [6.07, 6.45) is 5.63. The number of hydrogen-bond donors (Lipinski definition) is 1. The first kappa shape index (κ1) is 17.2. The minimum atomic E-state index is -0.880. The second-order valence-corrected chi connectivity index (χ2v) is 7.85. The van der Waals surface area contributed by atoms with Crippen LogP contribution in [0.4, 0.5) is 0 Å². The van der Waals surface area contributed by atoms with Crippen molar-refractivity contribution < 1.29 is 14.3 Å². The SMILES string of the molecule is CN(C)C(=O)C1CCCC(NC(=O)C2(C#N)CC23CCOCC3)C1. The molecule has 6 heteroatoms. The predicted molar refractivity (Wildman–Crippen MR) is 87.7 cm³/mol. The maximum Gasteiger partial charge on any atom is 0.241 e. The normalized spacial score (nSPS) is 34.2. The summed E-state index contributed by atoms with van der Waals surface area (Å²) in [6.45, 7) is 1.28. The highest BCUT2D eigenvalue weighted by Gasteiger charge is 2.72. The standard InChI is InChI=1S/C18H27N3O3/c1-21(2)15(22)13-4-3-5-14(10-13)20-16(23)18(12-19)11-17(18)6-8-24-9-7-17/h13-14H,3-11H2,1-2H3,(H,20,23). The van der Waals surface area contributed by atoms with Crippen molar-refractivity contribution >= 4 is 11.8 Å². The quantitative estimate of drug-likeness (QED) is 0.847. The summed E-state index contributed by atoms with van der Waals surface area (Å²) >= 11 is 0. The van der Waals surface area contributed by atoms with Gasteiger partial charge in [0.2, 0.25) is 11.8 Å². The number of amides is 2. The summed E-state index contributed by atoms with van der Waals surface area (Å²) in [7, 11) is 3.54. The molecule has 1 spiro atoms. The molecule has 2 amide bonds. The Balaban J connectivity index is 1.62. The van der Waals surface area contributed by atoms with Gasteiger partial charge in [-0.3, -0.25) is 9.59 Å². The first-order chi connectivity index (χ1) is 11.4. The van der Waals surface area contributed by atoms with Crippen LogP contribution in [0.1, 0.15) is 44.9 Å². The van der Waals surface area contributed by atoms with Gasteiger partial charge in [-0.1, -0.05) is 6.42 Å². The molecular formula is C18H27N3O3. The summed E-state index contributed by atoms with van der Waals surface area (Å²) in [5.41, 5.74) is -1.06. The average molecular weight is 333 g/mol. The van der Waals surface area contributed by atoms with Gasteiger partial charge < -0.3 is 15.0 Å². The lowest BCUT2D eigenvalue weighted by atomic mass is 9.83. The first-order valence-electron chi connectivity index (χ1n) is 8.95. The molecule has 0 bridgehead atoms. The lowest BCUT2D eigenvalue weighted by Crippen LogP contribution is -2.46. The number of nitrogens with zero attached hydrogens (tertiary/aromatic N) is 2. The Morgan fingerprint density at radius 1 is 1.25 bits per heavy atom. The van der Waals surface area contributed by atoms with Crippen molar-refractivity contribution in [2.24, 2.45) is 16.7 Å². The molecule has 1 heterocycles. The van der Waals surface area contributed by atoms with Crippen LogP contribution in [0.5, 0.6) is 0 Å². The Labute approximate surface area is 143 Å². The Morgan fingerprint density at radius 2 is 1.96 bits per heavy atom. The highest BCUT2D eigenvalue weighted by atomic mass is 16.5. The molecule has 6 nitrogen and oxygen atoms in total. The van der Waals surface area contributed by atoms with Crippen molar-refractivity contribution in [2.75, 3.05) is 27.3 Å². The summed E-state index contributed by atoms with van der Waals surface area (Å²) in [5.74, 6) is -0.0144.